The van der Waals surface area contributed by atoms with Crippen LogP contribution in [0, 0.1) is 0 Å². The van der Waals surface area contributed by atoms with Gasteiger partial charge in [0.2, 0.25) is 0 Å². The zero-order valence-corrected chi connectivity index (χ0v) is 19.7. The van der Waals surface area contributed by atoms with Crippen molar-refractivity contribution in [2.45, 2.75) is 12.0 Å². The summed E-state index contributed by atoms with van der Waals surface area (Å²) in [4.78, 5) is 27.1. The van der Waals surface area contributed by atoms with Crippen molar-refractivity contribution in [3.8, 4) is 5.75 Å². The standard InChI is InChI=1S/C28H24N2O6/c1-35-21-14-28(36-2,12-11-19(21)31)24-18(30-15-7-4-3-5-8-15)13-17-23(25(24)29)27(34)22-16(26(17)33)9-6-10-20(22)32/h3-11,13-14,30-32H,12,29H2,1-2H3. The Bertz CT molecular complexity index is 1480. The molecule has 0 spiro atoms. The van der Waals surface area contributed by atoms with Gasteiger partial charge in [0, 0.05) is 41.6 Å². The van der Waals surface area contributed by atoms with E-state index in [0.29, 0.717) is 11.3 Å². The lowest BCUT2D eigenvalue weighted by atomic mass is 9.76. The van der Waals surface area contributed by atoms with Crippen LogP contribution in [0.4, 0.5) is 17.1 Å². The lowest BCUT2D eigenvalue weighted by Gasteiger charge is -2.36. The van der Waals surface area contributed by atoms with Gasteiger partial charge in [-0.25, -0.2) is 0 Å². The summed E-state index contributed by atoms with van der Waals surface area (Å²) in [7, 11) is 2.90. The minimum atomic E-state index is -1.24. The average molecular weight is 485 g/mol. The Labute approximate surface area is 207 Å². The molecule has 0 fully saturated rings. The molecule has 0 aromatic heterocycles. The number of benzene rings is 3. The molecule has 1 atom stereocenters. The number of aliphatic hydroxyl groups excluding tert-OH is 1. The molecule has 5 N–H and O–H groups in total. The van der Waals surface area contributed by atoms with Gasteiger partial charge in [0.1, 0.15) is 11.4 Å². The molecule has 3 aromatic rings. The van der Waals surface area contributed by atoms with Crippen molar-refractivity contribution in [1.82, 2.24) is 0 Å². The number of carbonyl (C=O) groups is 2. The minimum Gasteiger partial charge on any atom is -0.507 e. The van der Waals surface area contributed by atoms with Crippen LogP contribution in [0.1, 0.15) is 43.8 Å². The topological polar surface area (TPSA) is 131 Å². The molecule has 36 heavy (non-hydrogen) atoms. The second-order valence-electron chi connectivity index (χ2n) is 8.58. The zero-order chi connectivity index (χ0) is 25.6. The Kier molecular flexibility index (Phi) is 5.53. The summed E-state index contributed by atoms with van der Waals surface area (Å²) in [5.74, 6) is -1.15. The van der Waals surface area contributed by atoms with E-state index in [1.54, 1.807) is 18.2 Å². The number of ketones is 2. The first-order valence-corrected chi connectivity index (χ1v) is 11.2. The van der Waals surface area contributed by atoms with Crippen molar-refractivity contribution < 1.29 is 29.3 Å². The molecular weight excluding hydrogens is 460 g/mol. The van der Waals surface area contributed by atoms with Gasteiger partial charge < -0.3 is 30.7 Å². The lowest BCUT2D eigenvalue weighted by molar-refractivity contribution is 0.0249. The maximum absolute atomic E-state index is 13.6. The molecule has 0 bridgehead atoms. The summed E-state index contributed by atoms with van der Waals surface area (Å²) < 4.78 is 11.3. The van der Waals surface area contributed by atoms with Crippen LogP contribution in [0.15, 0.2) is 78.3 Å². The summed E-state index contributed by atoms with van der Waals surface area (Å²) in [6, 6.07) is 15.2. The Hall–Kier alpha value is -4.56. The molecule has 0 radical (unpaired) electrons. The van der Waals surface area contributed by atoms with E-state index in [1.807, 2.05) is 30.3 Å². The van der Waals surface area contributed by atoms with Crippen molar-refractivity contribution in [2.24, 2.45) is 0 Å². The number of carbonyl (C=O) groups excluding carboxylic acids is 2. The molecule has 2 aliphatic carbocycles. The normalized spacial score (nSPS) is 18.6. The van der Waals surface area contributed by atoms with E-state index in [-0.39, 0.29) is 51.6 Å². The number of phenolic OH excluding ortho intramolecular Hbond substituents is 1. The molecule has 0 saturated heterocycles. The predicted octanol–water partition coefficient (Wildman–Crippen LogP) is 4.71. The highest BCUT2D eigenvalue weighted by Crippen LogP contribution is 2.48. The van der Waals surface area contributed by atoms with Gasteiger partial charge in [-0.1, -0.05) is 30.3 Å². The molecule has 0 amide bonds. The highest BCUT2D eigenvalue weighted by Gasteiger charge is 2.42. The van der Waals surface area contributed by atoms with E-state index >= 15 is 0 Å². The van der Waals surface area contributed by atoms with Crippen LogP contribution in [0.5, 0.6) is 5.75 Å². The van der Waals surface area contributed by atoms with Gasteiger partial charge in [-0.05, 0) is 36.4 Å². The lowest BCUT2D eigenvalue weighted by Crippen LogP contribution is -2.33. The summed E-state index contributed by atoms with van der Waals surface area (Å²) in [5.41, 5.74) is 7.20. The number of aliphatic hydroxyl groups is 1. The van der Waals surface area contributed by atoms with Crippen LogP contribution < -0.4 is 11.1 Å². The molecule has 1 unspecified atom stereocenters. The van der Waals surface area contributed by atoms with Crippen LogP contribution >= 0.6 is 0 Å². The molecule has 2 aliphatic rings. The number of para-hydroxylation sites is 1. The zero-order valence-electron chi connectivity index (χ0n) is 19.7. The van der Waals surface area contributed by atoms with E-state index in [1.165, 1.54) is 32.4 Å². The first kappa shape index (κ1) is 23.2. The van der Waals surface area contributed by atoms with Gasteiger partial charge in [-0.15, -0.1) is 0 Å². The Balaban J connectivity index is 1.81. The van der Waals surface area contributed by atoms with Crippen molar-refractivity contribution in [3.63, 3.8) is 0 Å². The van der Waals surface area contributed by atoms with E-state index in [0.717, 1.165) is 5.69 Å². The van der Waals surface area contributed by atoms with E-state index in [4.69, 9.17) is 15.2 Å². The fraction of sp³-hybridized carbons (Fsp3) is 0.143. The molecule has 8 heteroatoms. The molecule has 182 valence electrons. The number of ether oxygens (including phenoxy) is 2. The molecular formula is C28H24N2O6. The Morgan fingerprint density at radius 3 is 2.39 bits per heavy atom. The van der Waals surface area contributed by atoms with Crippen molar-refractivity contribution in [2.75, 3.05) is 25.3 Å². The fourth-order valence-corrected chi connectivity index (χ4v) is 4.87. The maximum atomic E-state index is 13.6. The number of methoxy groups -OCH3 is 2. The quantitative estimate of drug-likeness (QED) is 0.300. The monoisotopic (exact) mass is 484 g/mol. The van der Waals surface area contributed by atoms with Crippen LogP contribution in [0.3, 0.4) is 0 Å². The fourth-order valence-electron chi connectivity index (χ4n) is 4.87. The number of nitrogens with one attached hydrogen (secondary N) is 1. The average Bonchev–Trinajstić information content (AvgIpc) is 2.88. The summed E-state index contributed by atoms with van der Waals surface area (Å²) in [5, 5.41) is 24.0. The van der Waals surface area contributed by atoms with Crippen LogP contribution in [0.2, 0.25) is 0 Å². The number of hydrogen-bond donors (Lipinski definition) is 4. The number of fused-ring (bicyclic) bond motifs is 2. The smallest absolute Gasteiger partial charge is 0.200 e. The minimum absolute atomic E-state index is 0.00909. The number of anilines is 3. The third-order valence-electron chi connectivity index (χ3n) is 6.63. The summed E-state index contributed by atoms with van der Waals surface area (Å²) in [6.45, 7) is 0. The van der Waals surface area contributed by atoms with E-state index in [2.05, 4.69) is 5.32 Å². The van der Waals surface area contributed by atoms with Crippen molar-refractivity contribution in [3.05, 3.63) is 106 Å². The third kappa shape index (κ3) is 3.42. The van der Waals surface area contributed by atoms with Gasteiger partial charge in [0.15, 0.2) is 23.1 Å². The Morgan fingerprint density at radius 1 is 0.944 bits per heavy atom. The second-order valence-corrected chi connectivity index (χ2v) is 8.58. The van der Waals surface area contributed by atoms with Gasteiger partial charge in [0.25, 0.3) is 0 Å². The van der Waals surface area contributed by atoms with E-state index in [9.17, 15) is 19.8 Å². The third-order valence-corrected chi connectivity index (χ3v) is 6.63. The summed E-state index contributed by atoms with van der Waals surface area (Å²) >= 11 is 0. The number of hydrogen-bond acceptors (Lipinski definition) is 8. The maximum Gasteiger partial charge on any atom is 0.200 e. The molecule has 3 aromatic carbocycles. The first-order chi connectivity index (χ1) is 17.3. The number of rotatable bonds is 5. The highest BCUT2D eigenvalue weighted by atomic mass is 16.5. The van der Waals surface area contributed by atoms with Crippen LogP contribution in [-0.4, -0.2) is 36.0 Å². The molecule has 8 nitrogen and oxygen atoms in total. The van der Waals surface area contributed by atoms with Crippen LogP contribution in [-0.2, 0) is 15.1 Å². The van der Waals surface area contributed by atoms with Crippen molar-refractivity contribution in [1.29, 1.82) is 0 Å². The molecule has 5 rings (SSSR count). The largest absolute Gasteiger partial charge is 0.507 e. The molecule has 0 saturated carbocycles. The second kappa shape index (κ2) is 8.58. The van der Waals surface area contributed by atoms with Crippen molar-refractivity contribution >= 4 is 28.6 Å². The van der Waals surface area contributed by atoms with Gasteiger partial charge in [-0.3, -0.25) is 9.59 Å². The highest BCUT2D eigenvalue weighted by molar-refractivity contribution is 6.31. The number of nitrogens with two attached hydrogens (primary N) is 1. The van der Waals surface area contributed by atoms with Crippen LogP contribution in [0.25, 0.3) is 0 Å². The first-order valence-electron chi connectivity index (χ1n) is 11.2. The van der Waals surface area contributed by atoms with Gasteiger partial charge in [-0.2, -0.15) is 0 Å². The van der Waals surface area contributed by atoms with E-state index < -0.39 is 17.2 Å². The Morgan fingerprint density at radius 2 is 1.69 bits per heavy atom. The van der Waals surface area contributed by atoms with Gasteiger partial charge >= 0.3 is 0 Å². The van der Waals surface area contributed by atoms with Gasteiger partial charge in [0.05, 0.1) is 23.9 Å². The summed E-state index contributed by atoms with van der Waals surface area (Å²) in [6.07, 6.45) is 3.32. The molecule has 0 aliphatic heterocycles. The number of nitrogen functional groups attached to an aromatic ring is 1. The molecule has 0 heterocycles. The number of phenols is 1. The SMILES string of the molecule is COC1=CC(OC)(c2c(Nc3ccccc3)cc3c(c2N)C(=O)c2c(O)cccc2C3=O)CC=C1O. The predicted molar refractivity (Wildman–Crippen MR) is 135 cm³/mol. The number of aromatic hydroxyl groups is 1.